The number of Topliss-reactive ketones (excluding diaryl/α,β-unsaturated/α-hetero) is 1. The van der Waals surface area contributed by atoms with E-state index < -0.39 is 5.41 Å². The molecular weight excluding hydrogens is 248 g/mol. The Hall–Kier alpha value is -0.940. The standard InChI is InChI=1S/C14H24O5/c1-3-17-13(16)8-6-10-14(11-19-18-4-2)9-5-7-12(14)15/h3-11H2,1-2H3. The molecule has 0 aromatic rings. The Morgan fingerprint density at radius 2 is 2.05 bits per heavy atom. The van der Waals surface area contributed by atoms with Gasteiger partial charge in [-0.3, -0.25) is 9.59 Å². The lowest BCUT2D eigenvalue weighted by molar-refractivity contribution is -0.304. The maximum Gasteiger partial charge on any atom is 0.305 e. The maximum atomic E-state index is 12.0. The van der Waals surface area contributed by atoms with Crippen LogP contribution in [0.2, 0.25) is 0 Å². The van der Waals surface area contributed by atoms with Crippen molar-refractivity contribution in [2.75, 3.05) is 19.8 Å². The van der Waals surface area contributed by atoms with Crippen molar-refractivity contribution >= 4 is 11.8 Å². The number of rotatable bonds is 9. The topological polar surface area (TPSA) is 61.8 Å². The van der Waals surface area contributed by atoms with Crippen molar-refractivity contribution in [3.63, 3.8) is 0 Å². The van der Waals surface area contributed by atoms with Crippen LogP contribution in [-0.4, -0.2) is 31.6 Å². The number of carbonyl (C=O) groups is 2. The molecule has 1 aliphatic carbocycles. The van der Waals surface area contributed by atoms with Gasteiger partial charge in [-0.15, -0.1) is 0 Å². The zero-order valence-electron chi connectivity index (χ0n) is 11.9. The molecule has 1 aliphatic rings. The van der Waals surface area contributed by atoms with Gasteiger partial charge < -0.3 is 4.74 Å². The first-order valence-electron chi connectivity index (χ1n) is 7.08. The number of hydrogen-bond acceptors (Lipinski definition) is 5. The summed E-state index contributed by atoms with van der Waals surface area (Å²) in [6.45, 7) is 4.78. The highest BCUT2D eigenvalue weighted by Gasteiger charge is 2.42. The van der Waals surface area contributed by atoms with Gasteiger partial charge in [-0.2, -0.15) is 0 Å². The number of ketones is 1. The normalized spacial score (nSPS) is 22.7. The highest BCUT2D eigenvalue weighted by molar-refractivity contribution is 5.87. The number of carbonyl (C=O) groups excluding carboxylic acids is 2. The molecule has 0 amide bonds. The van der Waals surface area contributed by atoms with E-state index in [9.17, 15) is 9.59 Å². The Kier molecular flexibility index (Phi) is 7.02. The average molecular weight is 272 g/mol. The molecule has 1 unspecified atom stereocenters. The van der Waals surface area contributed by atoms with Crippen LogP contribution in [0, 0.1) is 5.41 Å². The molecule has 5 heteroatoms. The van der Waals surface area contributed by atoms with Gasteiger partial charge in [-0.25, -0.2) is 9.78 Å². The highest BCUT2D eigenvalue weighted by atomic mass is 17.2. The van der Waals surface area contributed by atoms with E-state index in [1.807, 2.05) is 6.92 Å². The van der Waals surface area contributed by atoms with Crippen molar-refractivity contribution in [2.24, 2.45) is 5.41 Å². The fraction of sp³-hybridized carbons (Fsp3) is 0.857. The molecule has 0 aromatic heterocycles. The molecule has 0 saturated heterocycles. The van der Waals surface area contributed by atoms with Crippen LogP contribution in [-0.2, 0) is 24.1 Å². The highest BCUT2D eigenvalue weighted by Crippen LogP contribution is 2.39. The quantitative estimate of drug-likeness (QED) is 0.279. The van der Waals surface area contributed by atoms with Crippen LogP contribution in [0.15, 0.2) is 0 Å². The second-order valence-electron chi connectivity index (χ2n) is 4.88. The Balaban J connectivity index is 2.42. The summed E-state index contributed by atoms with van der Waals surface area (Å²) in [4.78, 5) is 33.3. The average Bonchev–Trinajstić information content (AvgIpc) is 2.72. The van der Waals surface area contributed by atoms with E-state index in [1.165, 1.54) is 0 Å². The van der Waals surface area contributed by atoms with Gasteiger partial charge in [-0.05, 0) is 39.5 Å². The van der Waals surface area contributed by atoms with E-state index in [0.29, 0.717) is 45.5 Å². The fourth-order valence-electron chi connectivity index (χ4n) is 2.52. The predicted octanol–water partition coefficient (Wildman–Crippen LogP) is 2.43. The van der Waals surface area contributed by atoms with Crippen LogP contribution in [0.4, 0.5) is 0 Å². The minimum absolute atomic E-state index is 0.200. The molecule has 0 radical (unpaired) electrons. The van der Waals surface area contributed by atoms with Gasteiger partial charge in [0, 0.05) is 12.8 Å². The third-order valence-electron chi connectivity index (χ3n) is 3.53. The summed E-state index contributed by atoms with van der Waals surface area (Å²) >= 11 is 0. The molecule has 0 spiro atoms. The van der Waals surface area contributed by atoms with E-state index in [1.54, 1.807) is 6.92 Å². The van der Waals surface area contributed by atoms with Gasteiger partial charge in [0.2, 0.25) is 0 Å². The third-order valence-corrected chi connectivity index (χ3v) is 3.53. The van der Waals surface area contributed by atoms with Gasteiger partial charge >= 0.3 is 5.97 Å². The monoisotopic (exact) mass is 272 g/mol. The van der Waals surface area contributed by atoms with Crippen molar-refractivity contribution in [3.05, 3.63) is 0 Å². The summed E-state index contributed by atoms with van der Waals surface area (Å²) in [6, 6.07) is 0. The number of esters is 1. The largest absolute Gasteiger partial charge is 0.466 e. The third kappa shape index (κ3) is 4.91. The summed E-state index contributed by atoms with van der Waals surface area (Å²) in [6.07, 6.45) is 4.00. The van der Waals surface area contributed by atoms with Gasteiger partial charge in [0.05, 0.1) is 25.2 Å². The van der Waals surface area contributed by atoms with Gasteiger partial charge in [0.15, 0.2) is 0 Å². The summed E-state index contributed by atoms with van der Waals surface area (Å²) in [5.74, 6) is 0.0323. The lowest BCUT2D eigenvalue weighted by Gasteiger charge is -2.26. The van der Waals surface area contributed by atoms with Crippen LogP contribution < -0.4 is 0 Å². The summed E-state index contributed by atoms with van der Waals surface area (Å²) in [5.41, 5.74) is -0.457. The van der Waals surface area contributed by atoms with Gasteiger partial charge in [0.1, 0.15) is 5.78 Å². The number of ether oxygens (including phenoxy) is 1. The number of hydrogen-bond donors (Lipinski definition) is 0. The van der Waals surface area contributed by atoms with E-state index >= 15 is 0 Å². The molecule has 0 aliphatic heterocycles. The summed E-state index contributed by atoms with van der Waals surface area (Å²) < 4.78 is 4.89. The molecule has 19 heavy (non-hydrogen) atoms. The van der Waals surface area contributed by atoms with Crippen LogP contribution in [0.5, 0.6) is 0 Å². The fourth-order valence-corrected chi connectivity index (χ4v) is 2.52. The van der Waals surface area contributed by atoms with Crippen molar-refractivity contribution in [2.45, 2.75) is 52.4 Å². The van der Waals surface area contributed by atoms with Crippen molar-refractivity contribution in [3.8, 4) is 0 Å². The van der Waals surface area contributed by atoms with E-state index in [2.05, 4.69) is 0 Å². The molecular formula is C14H24O5. The second-order valence-corrected chi connectivity index (χ2v) is 4.88. The van der Waals surface area contributed by atoms with Crippen LogP contribution in [0.3, 0.4) is 0 Å². The lowest BCUT2D eigenvalue weighted by Crippen LogP contribution is -2.31. The van der Waals surface area contributed by atoms with E-state index in [0.717, 1.165) is 12.8 Å². The van der Waals surface area contributed by atoms with E-state index in [-0.39, 0.29) is 11.8 Å². The molecule has 0 aromatic carbocycles. The van der Waals surface area contributed by atoms with Crippen LogP contribution in [0.25, 0.3) is 0 Å². The SMILES string of the molecule is CCOOCC1(CCCC(=O)OCC)CCCC1=O. The first-order chi connectivity index (χ1) is 9.14. The van der Waals surface area contributed by atoms with Crippen molar-refractivity contribution < 1.29 is 24.1 Å². The predicted molar refractivity (Wildman–Crippen MR) is 69.4 cm³/mol. The minimum Gasteiger partial charge on any atom is -0.466 e. The van der Waals surface area contributed by atoms with Gasteiger partial charge in [0.25, 0.3) is 0 Å². The molecule has 0 heterocycles. The molecule has 110 valence electrons. The molecule has 0 N–H and O–H groups in total. The molecule has 1 atom stereocenters. The summed E-state index contributed by atoms with van der Waals surface area (Å²) in [5, 5.41) is 0. The van der Waals surface area contributed by atoms with Crippen molar-refractivity contribution in [1.82, 2.24) is 0 Å². The Morgan fingerprint density at radius 1 is 1.26 bits per heavy atom. The first kappa shape index (κ1) is 16.1. The second kappa shape index (κ2) is 8.27. The molecule has 0 bridgehead atoms. The zero-order chi connectivity index (χ0) is 14.1. The summed E-state index contributed by atoms with van der Waals surface area (Å²) in [7, 11) is 0. The Morgan fingerprint density at radius 3 is 2.63 bits per heavy atom. The first-order valence-corrected chi connectivity index (χ1v) is 7.08. The zero-order valence-corrected chi connectivity index (χ0v) is 11.9. The van der Waals surface area contributed by atoms with E-state index in [4.69, 9.17) is 14.5 Å². The molecule has 1 saturated carbocycles. The van der Waals surface area contributed by atoms with Crippen LogP contribution >= 0.6 is 0 Å². The molecule has 1 fully saturated rings. The molecule has 1 rings (SSSR count). The smallest absolute Gasteiger partial charge is 0.305 e. The Labute approximate surface area is 114 Å². The Bertz CT molecular complexity index is 302. The minimum atomic E-state index is -0.457. The maximum absolute atomic E-state index is 12.0. The van der Waals surface area contributed by atoms with Crippen LogP contribution in [0.1, 0.15) is 52.4 Å². The molecule has 5 nitrogen and oxygen atoms in total. The lowest BCUT2D eigenvalue weighted by atomic mass is 9.81. The van der Waals surface area contributed by atoms with Crippen molar-refractivity contribution in [1.29, 1.82) is 0 Å². The van der Waals surface area contributed by atoms with Gasteiger partial charge in [-0.1, -0.05) is 0 Å².